The molecule has 3 fully saturated rings. The Bertz CT molecular complexity index is 1410. The number of carbonyl (C=O) groups excluding carboxylic acids is 2. The molecule has 3 amide bonds. The molecule has 0 bridgehead atoms. The molecule has 4 heterocycles. The molecule has 41 heavy (non-hydrogen) atoms. The molecule has 1 aliphatic carbocycles. The number of hydrogen-bond acceptors (Lipinski definition) is 9. The third kappa shape index (κ3) is 6.63. The van der Waals surface area contributed by atoms with Crippen LogP contribution in [0.25, 0.3) is 20.8 Å². The summed E-state index contributed by atoms with van der Waals surface area (Å²) in [4.78, 5) is 29.3. The molecule has 6 rings (SSSR count). The Kier molecular flexibility index (Phi) is 8.50. The molecule has 3 aliphatic rings. The van der Waals surface area contributed by atoms with E-state index in [-0.39, 0.29) is 52.4 Å². The molecular formula is C25H28F4N6O4S2. The highest BCUT2D eigenvalue weighted by atomic mass is 32.2. The first-order valence-corrected chi connectivity index (χ1v) is 14.8. The van der Waals surface area contributed by atoms with Crippen LogP contribution < -0.4 is 16.0 Å². The van der Waals surface area contributed by atoms with Crippen molar-refractivity contribution in [1.82, 2.24) is 25.7 Å². The Morgan fingerprint density at radius 1 is 1.27 bits per heavy atom. The van der Waals surface area contributed by atoms with E-state index < -0.39 is 35.9 Å². The zero-order valence-corrected chi connectivity index (χ0v) is 23.7. The van der Waals surface area contributed by atoms with Crippen molar-refractivity contribution in [3.05, 3.63) is 24.1 Å². The summed E-state index contributed by atoms with van der Waals surface area (Å²) >= 11 is 0.747. The SMILES string of the molecule is CC.O=C1NCC(c2nc(-c3sc4c(NC5CCN(C(=O)OC6CC6)CC5F)cccc4c3SC(F)(F)F)no2)N1. The van der Waals surface area contributed by atoms with Crippen molar-refractivity contribution in [2.45, 2.75) is 67.9 Å². The molecule has 16 heteroatoms. The minimum absolute atomic E-state index is 0.0455. The van der Waals surface area contributed by atoms with Crippen LogP contribution in [0.15, 0.2) is 27.6 Å². The summed E-state index contributed by atoms with van der Waals surface area (Å²) in [6, 6.07) is 3.16. The number of fused-ring (bicyclic) bond motifs is 1. The number of amides is 3. The number of alkyl halides is 4. The van der Waals surface area contributed by atoms with Crippen molar-refractivity contribution in [3.63, 3.8) is 0 Å². The lowest BCUT2D eigenvalue weighted by atomic mass is 10.0. The molecule has 222 valence electrons. The number of urea groups is 1. The van der Waals surface area contributed by atoms with Crippen molar-refractivity contribution >= 4 is 51.0 Å². The van der Waals surface area contributed by atoms with Gasteiger partial charge in [-0.25, -0.2) is 14.0 Å². The number of ether oxygens (including phenoxy) is 1. The first kappa shape index (κ1) is 29.2. The first-order valence-electron chi connectivity index (χ1n) is 13.2. The molecule has 1 saturated carbocycles. The lowest BCUT2D eigenvalue weighted by molar-refractivity contribution is -0.0327. The summed E-state index contributed by atoms with van der Waals surface area (Å²) in [6.07, 6.45) is -0.0588. The van der Waals surface area contributed by atoms with E-state index in [0.717, 1.165) is 24.2 Å². The monoisotopic (exact) mass is 616 g/mol. The predicted molar refractivity (Wildman–Crippen MR) is 146 cm³/mol. The van der Waals surface area contributed by atoms with Gasteiger partial charge in [-0.2, -0.15) is 18.2 Å². The first-order chi connectivity index (χ1) is 19.6. The topological polar surface area (TPSA) is 122 Å². The Labute approximate surface area is 240 Å². The maximum atomic E-state index is 15.1. The maximum Gasteiger partial charge on any atom is 0.446 e. The van der Waals surface area contributed by atoms with E-state index in [1.165, 1.54) is 4.90 Å². The number of benzene rings is 1. The second-order valence-electron chi connectivity index (χ2n) is 9.44. The minimum Gasteiger partial charge on any atom is -0.446 e. The number of thiophene rings is 1. The van der Waals surface area contributed by atoms with Gasteiger partial charge in [0.1, 0.15) is 18.3 Å². The number of rotatable bonds is 6. The molecule has 2 aliphatic heterocycles. The summed E-state index contributed by atoms with van der Waals surface area (Å²) in [5, 5.41) is 12.5. The smallest absolute Gasteiger partial charge is 0.446 e. The third-order valence-electron chi connectivity index (χ3n) is 6.54. The second-order valence-corrected chi connectivity index (χ2v) is 11.5. The second kappa shape index (κ2) is 11.9. The Hall–Kier alpha value is -3.27. The number of likely N-dealkylation sites (tertiary alicyclic amines) is 1. The van der Waals surface area contributed by atoms with Crippen LogP contribution in [0.1, 0.15) is 45.0 Å². The van der Waals surface area contributed by atoms with E-state index in [0.29, 0.717) is 28.7 Å². The summed E-state index contributed by atoms with van der Waals surface area (Å²) in [5.41, 5.74) is -4.13. The van der Waals surface area contributed by atoms with Gasteiger partial charge in [-0.05, 0) is 37.1 Å². The van der Waals surface area contributed by atoms with Gasteiger partial charge in [0, 0.05) is 23.4 Å². The number of thioether (sulfide) groups is 1. The maximum absolute atomic E-state index is 15.1. The van der Waals surface area contributed by atoms with Gasteiger partial charge in [0.15, 0.2) is 0 Å². The van der Waals surface area contributed by atoms with Gasteiger partial charge in [-0.15, -0.1) is 11.3 Å². The predicted octanol–water partition coefficient (Wildman–Crippen LogP) is 6.07. The van der Waals surface area contributed by atoms with E-state index in [2.05, 4.69) is 26.1 Å². The van der Waals surface area contributed by atoms with Crippen LogP contribution in [0.5, 0.6) is 0 Å². The lowest BCUT2D eigenvalue weighted by Crippen LogP contribution is -2.50. The molecule has 2 aromatic heterocycles. The number of halogens is 4. The largest absolute Gasteiger partial charge is 0.446 e. The fourth-order valence-corrected chi connectivity index (χ4v) is 6.59. The molecule has 3 atom stereocenters. The van der Waals surface area contributed by atoms with Gasteiger partial charge in [0.25, 0.3) is 5.89 Å². The average Bonchev–Trinajstić information content (AvgIpc) is 3.29. The number of aromatic nitrogens is 2. The van der Waals surface area contributed by atoms with Crippen LogP contribution in [0.4, 0.5) is 32.8 Å². The van der Waals surface area contributed by atoms with Crippen LogP contribution in [-0.4, -0.2) is 70.6 Å². The van der Waals surface area contributed by atoms with E-state index >= 15 is 4.39 Å². The molecule has 2 saturated heterocycles. The zero-order chi connectivity index (χ0) is 29.3. The van der Waals surface area contributed by atoms with E-state index in [9.17, 15) is 22.8 Å². The van der Waals surface area contributed by atoms with Gasteiger partial charge in [0.05, 0.1) is 27.9 Å². The zero-order valence-electron chi connectivity index (χ0n) is 22.1. The van der Waals surface area contributed by atoms with Crippen LogP contribution in [-0.2, 0) is 4.74 Å². The Morgan fingerprint density at radius 2 is 2.05 bits per heavy atom. The van der Waals surface area contributed by atoms with E-state index in [1.54, 1.807) is 18.2 Å². The van der Waals surface area contributed by atoms with Crippen molar-refractivity contribution in [3.8, 4) is 10.7 Å². The van der Waals surface area contributed by atoms with E-state index in [1.807, 2.05) is 13.8 Å². The van der Waals surface area contributed by atoms with Crippen LogP contribution in [0.3, 0.4) is 0 Å². The van der Waals surface area contributed by atoms with Crippen molar-refractivity contribution in [2.75, 3.05) is 25.0 Å². The van der Waals surface area contributed by atoms with E-state index in [4.69, 9.17) is 9.26 Å². The van der Waals surface area contributed by atoms with Crippen LogP contribution in [0, 0.1) is 0 Å². The quantitative estimate of drug-likeness (QED) is 0.226. The molecule has 3 N–H and O–H groups in total. The number of carbonyl (C=O) groups is 2. The molecule has 0 radical (unpaired) electrons. The number of hydrogen-bond donors (Lipinski definition) is 3. The summed E-state index contributed by atoms with van der Waals surface area (Å²) in [7, 11) is 0. The van der Waals surface area contributed by atoms with Crippen molar-refractivity contribution < 1.29 is 36.4 Å². The van der Waals surface area contributed by atoms with Gasteiger partial charge in [-0.1, -0.05) is 31.1 Å². The van der Waals surface area contributed by atoms with Gasteiger partial charge >= 0.3 is 17.6 Å². The van der Waals surface area contributed by atoms with Crippen molar-refractivity contribution in [1.29, 1.82) is 0 Å². The fourth-order valence-electron chi connectivity index (χ4n) is 4.48. The molecule has 3 aromatic rings. The normalized spacial score (nSPS) is 22.5. The highest BCUT2D eigenvalue weighted by Gasteiger charge is 2.37. The Balaban J connectivity index is 0.00000165. The van der Waals surface area contributed by atoms with Gasteiger partial charge in [-0.3, -0.25) is 0 Å². The van der Waals surface area contributed by atoms with Crippen molar-refractivity contribution in [2.24, 2.45) is 0 Å². The van der Waals surface area contributed by atoms with Gasteiger partial charge < -0.3 is 30.1 Å². The fraction of sp³-hybridized carbons (Fsp3) is 0.520. The summed E-state index contributed by atoms with van der Waals surface area (Å²) in [6.45, 7) is 4.36. The lowest BCUT2D eigenvalue weighted by Gasteiger charge is -2.35. The van der Waals surface area contributed by atoms with Crippen LogP contribution in [0.2, 0.25) is 0 Å². The number of nitrogens with one attached hydrogen (secondary N) is 3. The highest BCUT2D eigenvalue weighted by Crippen LogP contribution is 2.50. The Morgan fingerprint density at radius 3 is 2.71 bits per heavy atom. The molecule has 10 nitrogen and oxygen atoms in total. The number of anilines is 1. The van der Waals surface area contributed by atoms with Gasteiger partial charge in [0.2, 0.25) is 5.82 Å². The molecule has 0 spiro atoms. The molecule has 1 aromatic carbocycles. The minimum atomic E-state index is -4.59. The average molecular weight is 617 g/mol. The molecule has 3 unspecified atom stereocenters. The number of nitrogens with zero attached hydrogens (tertiary/aromatic N) is 3. The highest BCUT2D eigenvalue weighted by molar-refractivity contribution is 8.00. The summed E-state index contributed by atoms with van der Waals surface area (Å²) < 4.78 is 66.9. The standard InChI is InChI=1S/C23H22F4N6O4S2.C2H6/c24-12-9-33(22(35)36-10-4-5-10)7-6-13(12)29-14-3-1-2-11-16(14)38-18(17(11)39-23(25,26)27)19-31-20(37-32-19)15-8-28-21(34)30-15;1-2/h1-3,10,12-13,15,29H,4-9H2,(H2,28,30,34);1-2H3. The summed E-state index contributed by atoms with van der Waals surface area (Å²) in [5.74, 6) is 0.0188. The third-order valence-corrected chi connectivity index (χ3v) is 8.76. The van der Waals surface area contributed by atoms with Crippen LogP contribution >= 0.6 is 23.1 Å². The molecular weight excluding hydrogens is 588 g/mol. The number of piperidine rings is 1.